The molecule has 1 saturated carbocycles. The van der Waals surface area contributed by atoms with Gasteiger partial charge in [0.2, 0.25) is 15.9 Å². The molecule has 0 bridgehead atoms. The van der Waals surface area contributed by atoms with Gasteiger partial charge in [-0.05, 0) is 56.7 Å². The monoisotopic (exact) mass is 537 g/mol. The lowest BCUT2D eigenvalue weighted by atomic mass is 9.85. The number of hydrogen-bond donors (Lipinski definition) is 2. The molecule has 9 nitrogen and oxygen atoms in total. The summed E-state index contributed by atoms with van der Waals surface area (Å²) in [6.07, 6.45) is 4.42. The summed E-state index contributed by atoms with van der Waals surface area (Å²) in [5.41, 5.74) is 1.79. The van der Waals surface area contributed by atoms with Crippen molar-refractivity contribution in [2.75, 3.05) is 32.1 Å². The minimum Gasteiger partial charge on any atom is -0.481 e. The molecular weight excluding hydrogens is 502 g/mol. The molecule has 2 N–H and O–H groups in total. The van der Waals surface area contributed by atoms with Crippen LogP contribution in [0.3, 0.4) is 0 Å². The van der Waals surface area contributed by atoms with Gasteiger partial charge in [0.1, 0.15) is 0 Å². The van der Waals surface area contributed by atoms with Crippen molar-refractivity contribution < 1.29 is 27.9 Å². The van der Waals surface area contributed by atoms with Crippen molar-refractivity contribution in [2.24, 2.45) is 11.8 Å². The van der Waals surface area contributed by atoms with Crippen LogP contribution in [0.5, 0.6) is 0 Å². The number of carbonyl (C=O) groups is 2. The van der Waals surface area contributed by atoms with Gasteiger partial charge < -0.3 is 15.2 Å². The fourth-order valence-electron chi connectivity index (χ4n) is 4.52. The summed E-state index contributed by atoms with van der Waals surface area (Å²) in [5.74, 6) is -1.07. The number of hydrogen-bond acceptors (Lipinski definition) is 7. The van der Waals surface area contributed by atoms with Gasteiger partial charge in [-0.25, -0.2) is 13.4 Å². The third-order valence-corrected chi connectivity index (χ3v) is 9.60. The number of aliphatic carboxylic acids is 1. The van der Waals surface area contributed by atoms with Crippen LogP contribution in [0.1, 0.15) is 48.2 Å². The maximum Gasteiger partial charge on any atom is 0.304 e. The number of rotatable bonds is 13. The molecule has 1 amide bonds. The first kappa shape index (κ1) is 28.2. The number of ether oxygens (including phenoxy) is 1. The highest BCUT2D eigenvalue weighted by molar-refractivity contribution is 7.89. The molecule has 1 aromatic carbocycles. The number of nitrogens with one attached hydrogen (secondary N) is 1. The average Bonchev–Trinajstić information content (AvgIpc) is 3.47. The van der Waals surface area contributed by atoms with Gasteiger partial charge in [0.25, 0.3) is 0 Å². The smallest absolute Gasteiger partial charge is 0.304 e. The number of sulfonamides is 1. The van der Waals surface area contributed by atoms with E-state index in [1.807, 2.05) is 13.8 Å². The van der Waals surface area contributed by atoms with Crippen molar-refractivity contribution >= 4 is 38.4 Å². The molecule has 2 aromatic rings. The van der Waals surface area contributed by atoms with Crippen molar-refractivity contribution in [3.8, 4) is 0 Å². The van der Waals surface area contributed by atoms with E-state index in [1.54, 1.807) is 12.1 Å². The van der Waals surface area contributed by atoms with Crippen molar-refractivity contribution in [3.05, 3.63) is 40.4 Å². The summed E-state index contributed by atoms with van der Waals surface area (Å²) in [6, 6.07) is 6.54. The van der Waals surface area contributed by atoms with Crippen LogP contribution in [-0.4, -0.2) is 61.5 Å². The minimum absolute atomic E-state index is 0.0493. The number of benzene rings is 1. The number of anilines is 1. The van der Waals surface area contributed by atoms with Crippen LogP contribution in [0.2, 0.25) is 0 Å². The predicted octanol–water partition coefficient (Wildman–Crippen LogP) is 3.86. The van der Waals surface area contributed by atoms with Gasteiger partial charge >= 0.3 is 5.97 Å². The second kappa shape index (κ2) is 12.8. The van der Waals surface area contributed by atoms with Gasteiger partial charge in [0.05, 0.1) is 23.6 Å². The molecule has 1 aromatic heterocycles. The molecule has 1 fully saturated rings. The fraction of sp³-hybridized carbons (Fsp3) is 0.560. The lowest BCUT2D eigenvalue weighted by Gasteiger charge is -2.23. The first-order chi connectivity index (χ1) is 17.1. The molecule has 0 aliphatic heterocycles. The Morgan fingerprint density at radius 2 is 1.86 bits per heavy atom. The lowest BCUT2D eigenvalue weighted by molar-refractivity contribution is -0.137. The van der Waals surface area contributed by atoms with E-state index in [0.29, 0.717) is 11.6 Å². The number of carboxylic acid groups (broad SMARTS) is 1. The van der Waals surface area contributed by atoms with E-state index >= 15 is 0 Å². The van der Waals surface area contributed by atoms with Gasteiger partial charge in [-0.2, -0.15) is 4.31 Å². The maximum atomic E-state index is 13.3. The molecule has 0 spiro atoms. The van der Waals surface area contributed by atoms with Gasteiger partial charge in [-0.3, -0.25) is 9.59 Å². The van der Waals surface area contributed by atoms with E-state index < -0.39 is 16.0 Å². The zero-order valence-electron chi connectivity index (χ0n) is 21.0. The fourth-order valence-corrected chi connectivity index (χ4v) is 6.77. The minimum atomic E-state index is -3.88. The number of thiazole rings is 1. The molecule has 1 aliphatic rings. The number of amides is 1. The molecule has 0 unspecified atom stereocenters. The number of aryl methyl sites for hydroxylation is 2. The Bertz CT molecular complexity index is 1120. The topological polar surface area (TPSA) is 126 Å². The van der Waals surface area contributed by atoms with Crippen LogP contribution in [0.25, 0.3) is 0 Å². The molecule has 198 valence electrons. The van der Waals surface area contributed by atoms with E-state index in [9.17, 15) is 18.0 Å². The first-order valence-corrected chi connectivity index (χ1v) is 14.4. The van der Waals surface area contributed by atoms with E-state index in [0.717, 1.165) is 46.1 Å². The SMILES string of the molecule is COCCN(CCC(=O)O)S(=O)(=O)c1ccc(C[C@@H](C(=O)Nc2nc(C)c(C)s2)C2CCCC2)cc1. The second-order valence-corrected chi connectivity index (χ2v) is 12.3. The van der Waals surface area contributed by atoms with Crippen molar-refractivity contribution in [1.82, 2.24) is 9.29 Å². The van der Waals surface area contributed by atoms with Crippen molar-refractivity contribution in [3.63, 3.8) is 0 Å². The maximum absolute atomic E-state index is 13.3. The lowest BCUT2D eigenvalue weighted by Crippen LogP contribution is -2.35. The number of aromatic nitrogens is 1. The summed E-state index contributed by atoms with van der Waals surface area (Å²) >= 11 is 1.47. The Labute approximate surface area is 216 Å². The summed E-state index contributed by atoms with van der Waals surface area (Å²) in [5, 5.41) is 12.6. The van der Waals surface area contributed by atoms with Crippen LogP contribution in [-0.2, 0) is 30.8 Å². The normalized spacial score (nSPS) is 15.3. The van der Waals surface area contributed by atoms with E-state index in [4.69, 9.17) is 9.84 Å². The first-order valence-electron chi connectivity index (χ1n) is 12.2. The number of nitrogens with zero attached hydrogens (tertiary/aromatic N) is 2. The summed E-state index contributed by atoms with van der Waals surface area (Å²) in [7, 11) is -2.42. The van der Waals surface area contributed by atoms with Crippen LogP contribution in [0.15, 0.2) is 29.2 Å². The van der Waals surface area contributed by atoms with Crippen LogP contribution >= 0.6 is 11.3 Å². The molecular formula is C25H35N3O6S2. The Hall–Kier alpha value is -2.34. The molecule has 3 rings (SSSR count). The molecule has 1 heterocycles. The summed E-state index contributed by atoms with van der Waals surface area (Å²) in [6.45, 7) is 3.98. The van der Waals surface area contributed by atoms with Crippen LogP contribution in [0, 0.1) is 25.7 Å². The number of carboxylic acids is 1. The molecule has 1 atom stereocenters. The third-order valence-electron chi connectivity index (χ3n) is 6.70. The van der Waals surface area contributed by atoms with Gasteiger partial charge in [-0.1, -0.05) is 25.0 Å². The zero-order chi connectivity index (χ0) is 26.3. The van der Waals surface area contributed by atoms with Gasteiger partial charge in [-0.15, -0.1) is 11.3 Å². The summed E-state index contributed by atoms with van der Waals surface area (Å²) < 4.78 is 32.4. The Morgan fingerprint density at radius 1 is 1.19 bits per heavy atom. The van der Waals surface area contributed by atoms with Crippen molar-refractivity contribution in [1.29, 1.82) is 0 Å². The average molecular weight is 538 g/mol. The summed E-state index contributed by atoms with van der Waals surface area (Å²) in [4.78, 5) is 29.9. The second-order valence-electron chi connectivity index (χ2n) is 9.19. The van der Waals surface area contributed by atoms with E-state index in [-0.39, 0.29) is 48.8 Å². The third kappa shape index (κ3) is 7.34. The highest BCUT2D eigenvalue weighted by Crippen LogP contribution is 2.35. The molecule has 0 saturated heterocycles. The standard InChI is InChI=1S/C25H35N3O6S2/c1-17-18(2)35-25(26-17)27-24(31)22(20-6-4-5-7-20)16-19-8-10-21(11-9-19)36(32,33)28(14-15-34-3)13-12-23(29)30/h8-11,20,22H,4-7,12-16H2,1-3H3,(H,29,30)(H,26,27,31)/t22-/m1/s1. The molecule has 36 heavy (non-hydrogen) atoms. The van der Waals surface area contributed by atoms with E-state index in [1.165, 1.54) is 30.6 Å². The van der Waals surface area contributed by atoms with Crippen molar-refractivity contribution in [2.45, 2.75) is 57.3 Å². The molecule has 0 radical (unpaired) electrons. The predicted molar refractivity (Wildman–Crippen MR) is 139 cm³/mol. The Kier molecular flexibility index (Phi) is 10.0. The van der Waals surface area contributed by atoms with Crippen LogP contribution in [0.4, 0.5) is 5.13 Å². The van der Waals surface area contributed by atoms with Gasteiger partial charge in [0.15, 0.2) is 5.13 Å². The highest BCUT2D eigenvalue weighted by atomic mass is 32.2. The highest BCUT2D eigenvalue weighted by Gasteiger charge is 2.32. The quantitative estimate of drug-likeness (QED) is 0.397. The van der Waals surface area contributed by atoms with Gasteiger partial charge in [0, 0.05) is 31.0 Å². The number of carbonyl (C=O) groups excluding carboxylic acids is 1. The largest absolute Gasteiger partial charge is 0.481 e. The Morgan fingerprint density at radius 3 is 2.42 bits per heavy atom. The molecule has 1 aliphatic carbocycles. The van der Waals surface area contributed by atoms with E-state index in [2.05, 4.69) is 10.3 Å². The zero-order valence-corrected chi connectivity index (χ0v) is 22.7. The van der Waals surface area contributed by atoms with Crippen LogP contribution < -0.4 is 5.32 Å². The number of methoxy groups -OCH3 is 1. The molecule has 11 heteroatoms. The Balaban J connectivity index is 1.76.